The van der Waals surface area contributed by atoms with Crippen molar-refractivity contribution in [3.8, 4) is 0 Å². The Morgan fingerprint density at radius 3 is 2.41 bits per heavy atom. The fourth-order valence-electron chi connectivity index (χ4n) is 2.30. The molecule has 0 amide bonds. The molecule has 0 radical (unpaired) electrons. The highest BCUT2D eigenvalue weighted by Crippen LogP contribution is 2.24. The first-order chi connectivity index (χ1) is 8.04. The van der Waals surface area contributed by atoms with Crippen molar-refractivity contribution in [1.82, 2.24) is 4.90 Å². The summed E-state index contributed by atoms with van der Waals surface area (Å²) in [5.41, 5.74) is 0. The second-order valence-electron chi connectivity index (χ2n) is 4.90. The van der Waals surface area contributed by atoms with E-state index in [-0.39, 0.29) is 11.8 Å². The van der Waals surface area contributed by atoms with Gasteiger partial charge in [-0.15, -0.1) is 0 Å². The van der Waals surface area contributed by atoms with Gasteiger partial charge in [0.25, 0.3) is 0 Å². The lowest BCUT2D eigenvalue weighted by atomic mass is 9.85. The second-order valence-corrected chi connectivity index (χ2v) is 4.90. The fraction of sp³-hybridized carbons (Fsp3) is 0.846. The lowest BCUT2D eigenvalue weighted by Gasteiger charge is -2.30. The summed E-state index contributed by atoms with van der Waals surface area (Å²) in [5, 5.41) is 0. The molecule has 0 aliphatic carbocycles. The number of Topliss-reactive ketones (excluding diaryl/α,β-unsaturated/α-hetero) is 1. The molecule has 0 N–H and O–H groups in total. The van der Waals surface area contributed by atoms with Crippen LogP contribution in [-0.4, -0.2) is 43.4 Å². The third-order valence-corrected chi connectivity index (χ3v) is 3.47. The Balaban J connectivity index is 2.49. The SMILES string of the molecule is CCOC(=O)[C@@H](CC1CCN(C)CC1)C(C)=O. The maximum absolute atomic E-state index is 11.7. The van der Waals surface area contributed by atoms with Crippen LogP contribution in [0.4, 0.5) is 0 Å². The van der Waals surface area contributed by atoms with Gasteiger partial charge in [0, 0.05) is 0 Å². The summed E-state index contributed by atoms with van der Waals surface area (Å²) < 4.78 is 4.96. The Kier molecular flexibility index (Phi) is 5.62. The van der Waals surface area contributed by atoms with Gasteiger partial charge in [-0.25, -0.2) is 0 Å². The molecule has 1 fully saturated rings. The molecule has 1 heterocycles. The van der Waals surface area contributed by atoms with Crippen molar-refractivity contribution in [2.75, 3.05) is 26.7 Å². The van der Waals surface area contributed by atoms with Gasteiger partial charge in [0.2, 0.25) is 0 Å². The van der Waals surface area contributed by atoms with Gasteiger partial charge in [-0.3, -0.25) is 9.59 Å². The molecule has 1 rings (SSSR count). The van der Waals surface area contributed by atoms with Crippen molar-refractivity contribution < 1.29 is 14.3 Å². The minimum absolute atomic E-state index is 0.0672. The van der Waals surface area contributed by atoms with Crippen molar-refractivity contribution in [2.45, 2.75) is 33.1 Å². The maximum atomic E-state index is 11.7. The van der Waals surface area contributed by atoms with Crippen molar-refractivity contribution in [3.05, 3.63) is 0 Å². The van der Waals surface area contributed by atoms with Gasteiger partial charge in [0.15, 0.2) is 0 Å². The number of likely N-dealkylation sites (tertiary alicyclic amines) is 1. The molecule has 4 heteroatoms. The molecule has 0 saturated carbocycles. The summed E-state index contributed by atoms with van der Waals surface area (Å²) in [5.74, 6) is -0.492. The van der Waals surface area contributed by atoms with E-state index < -0.39 is 5.92 Å². The predicted molar refractivity (Wildman–Crippen MR) is 65.6 cm³/mol. The Morgan fingerprint density at radius 1 is 1.35 bits per heavy atom. The summed E-state index contributed by atoms with van der Waals surface area (Å²) in [6.07, 6.45) is 2.79. The molecule has 0 aromatic heterocycles. The number of piperidine rings is 1. The highest BCUT2D eigenvalue weighted by molar-refractivity contribution is 5.97. The monoisotopic (exact) mass is 241 g/mol. The van der Waals surface area contributed by atoms with Crippen LogP contribution < -0.4 is 0 Å². The lowest BCUT2D eigenvalue weighted by Crippen LogP contribution is -2.33. The van der Waals surface area contributed by atoms with Crippen LogP contribution in [0.15, 0.2) is 0 Å². The molecule has 1 atom stereocenters. The van der Waals surface area contributed by atoms with Crippen molar-refractivity contribution >= 4 is 11.8 Å². The average molecular weight is 241 g/mol. The van der Waals surface area contributed by atoms with Crippen molar-refractivity contribution in [1.29, 1.82) is 0 Å². The number of rotatable bonds is 5. The molecule has 98 valence electrons. The number of carbonyl (C=O) groups excluding carboxylic acids is 2. The first-order valence-electron chi connectivity index (χ1n) is 6.40. The molecular formula is C13H23NO3. The van der Waals surface area contributed by atoms with E-state index in [2.05, 4.69) is 11.9 Å². The molecule has 0 aromatic carbocycles. The zero-order valence-electron chi connectivity index (χ0n) is 11.1. The van der Waals surface area contributed by atoms with Crippen LogP contribution in [-0.2, 0) is 14.3 Å². The van der Waals surface area contributed by atoms with E-state index in [9.17, 15) is 9.59 Å². The number of ether oxygens (including phenoxy) is 1. The summed E-state index contributed by atoms with van der Waals surface area (Å²) in [7, 11) is 2.10. The van der Waals surface area contributed by atoms with Crippen LogP contribution in [0.25, 0.3) is 0 Å². The van der Waals surface area contributed by atoms with E-state index >= 15 is 0 Å². The molecule has 1 saturated heterocycles. The zero-order valence-corrected chi connectivity index (χ0v) is 11.1. The topological polar surface area (TPSA) is 46.6 Å². The Bertz CT molecular complexity index is 270. The molecule has 4 nitrogen and oxygen atoms in total. The molecule has 17 heavy (non-hydrogen) atoms. The second kappa shape index (κ2) is 6.74. The van der Waals surface area contributed by atoms with Gasteiger partial charge in [0.05, 0.1) is 6.61 Å². The first kappa shape index (κ1) is 14.2. The van der Waals surface area contributed by atoms with Crippen LogP contribution in [0.1, 0.15) is 33.1 Å². The number of nitrogens with zero attached hydrogens (tertiary/aromatic N) is 1. The standard InChI is InChI=1S/C13H23NO3/c1-4-17-13(16)12(10(2)15)9-11-5-7-14(3)8-6-11/h11-12H,4-9H2,1-3H3/t12-/m0/s1. The van der Waals surface area contributed by atoms with Crippen LogP contribution in [0, 0.1) is 11.8 Å². The number of esters is 1. The molecule has 0 aromatic rings. The first-order valence-corrected chi connectivity index (χ1v) is 6.40. The van der Waals surface area contributed by atoms with E-state index in [0.29, 0.717) is 18.9 Å². The molecule has 0 spiro atoms. The third-order valence-electron chi connectivity index (χ3n) is 3.47. The van der Waals surface area contributed by atoms with Gasteiger partial charge in [-0.05, 0) is 59.2 Å². The summed E-state index contributed by atoms with van der Waals surface area (Å²) >= 11 is 0. The van der Waals surface area contributed by atoms with E-state index in [0.717, 1.165) is 25.9 Å². The molecule has 1 aliphatic heterocycles. The minimum atomic E-state index is -0.552. The van der Waals surface area contributed by atoms with Crippen LogP contribution in [0.5, 0.6) is 0 Å². The van der Waals surface area contributed by atoms with Gasteiger partial charge in [-0.2, -0.15) is 0 Å². The summed E-state index contributed by atoms with van der Waals surface area (Å²) in [6, 6.07) is 0. The largest absolute Gasteiger partial charge is 0.465 e. The van der Waals surface area contributed by atoms with Crippen LogP contribution in [0.3, 0.4) is 0 Å². The number of hydrogen-bond acceptors (Lipinski definition) is 4. The van der Waals surface area contributed by atoms with E-state index in [4.69, 9.17) is 4.74 Å². The van der Waals surface area contributed by atoms with Gasteiger partial charge < -0.3 is 9.64 Å². The number of hydrogen-bond donors (Lipinski definition) is 0. The van der Waals surface area contributed by atoms with Crippen LogP contribution >= 0.6 is 0 Å². The summed E-state index contributed by atoms with van der Waals surface area (Å²) in [6.45, 7) is 5.70. The van der Waals surface area contributed by atoms with Crippen molar-refractivity contribution in [3.63, 3.8) is 0 Å². The quantitative estimate of drug-likeness (QED) is 0.540. The van der Waals surface area contributed by atoms with E-state index in [1.54, 1.807) is 6.92 Å². The van der Waals surface area contributed by atoms with E-state index in [1.807, 2.05) is 0 Å². The Hall–Kier alpha value is -0.900. The maximum Gasteiger partial charge on any atom is 0.316 e. The highest BCUT2D eigenvalue weighted by Gasteiger charge is 2.29. The highest BCUT2D eigenvalue weighted by atomic mass is 16.5. The lowest BCUT2D eigenvalue weighted by molar-refractivity contribution is -0.152. The Labute approximate surface area is 103 Å². The number of carbonyl (C=O) groups is 2. The molecule has 0 unspecified atom stereocenters. The molecule has 1 aliphatic rings. The molecular weight excluding hydrogens is 218 g/mol. The van der Waals surface area contributed by atoms with Gasteiger partial charge >= 0.3 is 5.97 Å². The number of ketones is 1. The van der Waals surface area contributed by atoms with E-state index in [1.165, 1.54) is 6.92 Å². The van der Waals surface area contributed by atoms with Crippen molar-refractivity contribution in [2.24, 2.45) is 11.8 Å². The summed E-state index contributed by atoms with van der Waals surface area (Å²) in [4.78, 5) is 25.4. The molecule has 0 bridgehead atoms. The average Bonchev–Trinajstić information content (AvgIpc) is 2.28. The Morgan fingerprint density at radius 2 is 1.94 bits per heavy atom. The third kappa shape index (κ3) is 4.46. The smallest absolute Gasteiger partial charge is 0.316 e. The van der Waals surface area contributed by atoms with Crippen LogP contribution in [0.2, 0.25) is 0 Å². The fourth-order valence-corrected chi connectivity index (χ4v) is 2.30. The minimum Gasteiger partial charge on any atom is -0.465 e. The van der Waals surface area contributed by atoms with Gasteiger partial charge in [0.1, 0.15) is 11.7 Å². The zero-order chi connectivity index (χ0) is 12.8. The normalized spacial score (nSPS) is 19.9. The van der Waals surface area contributed by atoms with Gasteiger partial charge in [-0.1, -0.05) is 0 Å². The predicted octanol–water partition coefficient (Wildman–Crippen LogP) is 1.49.